The molecule has 0 fully saturated rings. The Morgan fingerprint density at radius 3 is 2.44 bits per heavy atom. The van der Waals surface area contributed by atoms with Gasteiger partial charge in [-0.1, -0.05) is 29.8 Å². The van der Waals surface area contributed by atoms with E-state index in [1.807, 2.05) is 6.92 Å². The van der Waals surface area contributed by atoms with Crippen LogP contribution < -0.4 is 0 Å². The third-order valence-corrected chi connectivity index (χ3v) is 2.62. The third-order valence-electron chi connectivity index (χ3n) is 2.62. The molecule has 1 aromatic heterocycles. The van der Waals surface area contributed by atoms with E-state index in [9.17, 15) is 13.6 Å². The number of carbonyl (C=O) groups excluding carboxylic acids is 1. The van der Waals surface area contributed by atoms with E-state index >= 15 is 0 Å². The Kier molecular flexibility index (Phi) is 3.23. The molecule has 94 valence electrons. The molecule has 0 bridgehead atoms. The molecule has 0 aliphatic heterocycles. The lowest BCUT2D eigenvalue weighted by atomic mass is 10.0. The molecular weight excluding hydrogens is 238 g/mol. The number of ketones is 1. The number of aryl methyl sites for hydroxylation is 2. The van der Waals surface area contributed by atoms with Crippen molar-refractivity contribution < 1.29 is 13.6 Å². The van der Waals surface area contributed by atoms with E-state index < -0.39 is 17.9 Å². The Morgan fingerprint density at radius 1 is 1.28 bits per heavy atom. The molecule has 0 spiro atoms. The van der Waals surface area contributed by atoms with Crippen molar-refractivity contribution in [3.05, 3.63) is 52.8 Å². The van der Waals surface area contributed by atoms with Crippen molar-refractivity contribution in [2.24, 2.45) is 7.05 Å². The van der Waals surface area contributed by atoms with Gasteiger partial charge in [0.15, 0.2) is 5.78 Å². The molecule has 2 aromatic rings. The van der Waals surface area contributed by atoms with Crippen molar-refractivity contribution >= 4 is 5.78 Å². The van der Waals surface area contributed by atoms with Crippen LogP contribution in [0.5, 0.6) is 0 Å². The lowest BCUT2D eigenvalue weighted by Crippen LogP contribution is -2.04. The van der Waals surface area contributed by atoms with Crippen molar-refractivity contribution in [2.45, 2.75) is 13.3 Å². The summed E-state index contributed by atoms with van der Waals surface area (Å²) in [7, 11) is 1.51. The summed E-state index contributed by atoms with van der Waals surface area (Å²) < 4.78 is 26.7. The predicted molar refractivity (Wildman–Crippen MR) is 62.8 cm³/mol. The van der Waals surface area contributed by atoms with E-state index in [0.717, 1.165) is 5.56 Å². The molecule has 0 aliphatic rings. The van der Waals surface area contributed by atoms with E-state index in [0.29, 0.717) is 5.56 Å². The molecule has 1 heterocycles. The van der Waals surface area contributed by atoms with E-state index in [1.165, 1.54) is 17.9 Å². The zero-order valence-corrected chi connectivity index (χ0v) is 10.0. The highest BCUT2D eigenvalue weighted by Gasteiger charge is 2.23. The fourth-order valence-electron chi connectivity index (χ4n) is 1.70. The highest BCUT2D eigenvalue weighted by molar-refractivity contribution is 6.09. The van der Waals surface area contributed by atoms with E-state index in [-0.39, 0.29) is 5.56 Å². The topological polar surface area (TPSA) is 34.9 Å². The zero-order valence-electron chi connectivity index (χ0n) is 10.0. The van der Waals surface area contributed by atoms with Crippen molar-refractivity contribution in [1.82, 2.24) is 9.78 Å². The standard InChI is InChI=1S/C13H12F2N2O/c1-8-3-5-9(6-4-8)12(18)10-7-17(2)16-11(10)13(14)15/h3-7,13H,1-2H3. The first-order chi connectivity index (χ1) is 8.49. The Labute approximate surface area is 103 Å². The largest absolute Gasteiger partial charge is 0.288 e. The lowest BCUT2D eigenvalue weighted by molar-refractivity contribution is 0.102. The van der Waals surface area contributed by atoms with Gasteiger partial charge in [0.05, 0.1) is 5.56 Å². The molecule has 3 nitrogen and oxygen atoms in total. The summed E-state index contributed by atoms with van der Waals surface area (Å²) in [6.45, 7) is 1.89. The van der Waals surface area contributed by atoms with E-state index in [1.54, 1.807) is 24.3 Å². The van der Waals surface area contributed by atoms with Gasteiger partial charge >= 0.3 is 0 Å². The molecule has 0 N–H and O–H groups in total. The van der Waals surface area contributed by atoms with Crippen LogP contribution in [-0.4, -0.2) is 15.6 Å². The minimum Gasteiger partial charge on any atom is -0.288 e. The number of benzene rings is 1. The van der Waals surface area contributed by atoms with Crippen LogP contribution in [-0.2, 0) is 7.05 Å². The molecule has 0 aliphatic carbocycles. The fourth-order valence-corrected chi connectivity index (χ4v) is 1.70. The Bertz CT molecular complexity index is 573. The second-order valence-corrected chi connectivity index (χ2v) is 4.10. The molecule has 0 saturated carbocycles. The monoisotopic (exact) mass is 250 g/mol. The number of alkyl halides is 2. The van der Waals surface area contributed by atoms with Gasteiger partial charge in [0.2, 0.25) is 0 Å². The third kappa shape index (κ3) is 2.30. The molecule has 1 aromatic carbocycles. The van der Waals surface area contributed by atoms with Crippen molar-refractivity contribution in [2.75, 3.05) is 0 Å². The fraction of sp³-hybridized carbons (Fsp3) is 0.231. The number of hydrogen-bond acceptors (Lipinski definition) is 2. The van der Waals surface area contributed by atoms with Crippen LogP contribution in [0, 0.1) is 6.92 Å². The highest BCUT2D eigenvalue weighted by atomic mass is 19.3. The van der Waals surface area contributed by atoms with Crippen molar-refractivity contribution in [1.29, 1.82) is 0 Å². The summed E-state index contributed by atoms with van der Waals surface area (Å²) in [5, 5.41) is 3.62. The van der Waals surface area contributed by atoms with Crippen molar-refractivity contribution in [3.63, 3.8) is 0 Å². The van der Waals surface area contributed by atoms with Crippen LogP contribution in [0.2, 0.25) is 0 Å². The van der Waals surface area contributed by atoms with Gasteiger partial charge in [0, 0.05) is 18.8 Å². The summed E-state index contributed by atoms with van der Waals surface area (Å²) in [4.78, 5) is 12.1. The van der Waals surface area contributed by atoms with Crippen LogP contribution in [0.1, 0.15) is 33.6 Å². The smallest absolute Gasteiger partial charge is 0.282 e. The van der Waals surface area contributed by atoms with Gasteiger partial charge in [-0.2, -0.15) is 5.10 Å². The first kappa shape index (κ1) is 12.4. The number of hydrogen-bond donors (Lipinski definition) is 0. The number of halogens is 2. The number of nitrogens with zero attached hydrogens (tertiary/aromatic N) is 2. The van der Waals surface area contributed by atoms with E-state index in [2.05, 4.69) is 5.10 Å². The molecular formula is C13H12F2N2O. The van der Waals surface area contributed by atoms with Gasteiger partial charge in [-0.15, -0.1) is 0 Å². The summed E-state index contributed by atoms with van der Waals surface area (Å²) in [6.07, 6.45) is -1.43. The SMILES string of the molecule is Cc1ccc(C(=O)c2cn(C)nc2C(F)F)cc1. The van der Waals surface area contributed by atoms with Gasteiger partial charge in [0.25, 0.3) is 6.43 Å². The van der Waals surface area contributed by atoms with Crippen LogP contribution in [0.25, 0.3) is 0 Å². The highest BCUT2D eigenvalue weighted by Crippen LogP contribution is 2.23. The average Bonchev–Trinajstić information content (AvgIpc) is 2.71. The average molecular weight is 250 g/mol. The molecule has 0 saturated heterocycles. The van der Waals surface area contributed by atoms with Crippen LogP contribution in [0.4, 0.5) is 8.78 Å². The maximum atomic E-state index is 12.8. The molecule has 5 heteroatoms. The minimum atomic E-state index is -2.75. The molecule has 0 unspecified atom stereocenters. The Balaban J connectivity index is 2.42. The summed E-state index contributed by atoms with van der Waals surface area (Å²) in [6, 6.07) is 6.79. The summed E-state index contributed by atoms with van der Waals surface area (Å²) >= 11 is 0. The maximum absolute atomic E-state index is 12.8. The first-order valence-electron chi connectivity index (χ1n) is 5.42. The molecule has 0 amide bonds. The number of rotatable bonds is 3. The molecule has 0 radical (unpaired) electrons. The summed E-state index contributed by atoms with van der Waals surface area (Å²) in [5.41, 5.74) is 0.877. The second kappa shape index (κ2) is 4.68. The summed E-state index contributed by atoms with van der Waals surface area (Å²) in [5.74, 6) is -0.432. The zero-order chi connectivity index (χ0) is 13.3. The lowest BCUT2D eigenvalue weighted by Gasteiger charge is -2.01. The molecule has 18 heavy (non-hydrogen) atoms. The van der Waals surface area contributed by atoms with Gasteiger partial charge < -0.3 is 0 Å². The second-order valence-electron chi connectivity index (χ2n) is 4.10. The quantitative estimate of drug-likeness (QED) is 0.785. The number of carbonyl (C=O) groups is 1. The van der Waals surface area contributed by atoms with Crippen LogP contribution >= 0.6 is 0 Å². The van der Waals surface area contributed by atoms with Gasteiger partial charge in [0.1, 0.15) is 5.69 Å². The number of aromatic nitrogens is 2. The van der Waals surface area contributed by atoms with Crippen LogP contribution in [0.15, 0.2) is 30.5 Å². The van der Waals surface area contributed by atoms with Crippen molar-refractivity contribution in [3.8, 4) is 0 Å². The molecule has 2 rings (SSSR count). The predicted octanol–water partition coefficient (Wildman–Crippen LogP) is 2.90. The normalized spacial score (nSPS) is 10.9. The van der Waals surface area contributed by atoms with Gasteiger partial charge in [-0.05, 0) is 6.92 Å². The van der Waals surface area contributed by atoms with Crippen LogP contribution in [0.3, 0.4) is 0 Å². The Hall–Kier alpha value is -2.04. The van der Waals surface area contributed by atoms with E-state index in [4.69, 9.17) is 0 Å². The maximum Gasteiger partial charge on any atom is 0.282 e. The Morgan fingerprint density at radius 2 is 1.89 bits per heavy atom. The minimum absolute atomic E-state index is 0.0450. The van der Waals surface area contributed by atoms with Gasteiger partial charge in [-0.3, -0.25) is 9.48 Å². The van der Waals surface area contributed by atoms with Gasteiger partial charge in [-0.25, -0.2) is 8.78 Å². The molecule has 0 atom stereocenters. The first-order valence-corrected chi connectivity index (χ1v) is 5.42.